The van der Waals surface area contributed by atoms with Crippen LogP contribution in [0.25, 0.3) is 10.2 Å². The van der Waals surface area contributed by atoms with Gasteiger partial charge in [0, 0.05) is 20.0 Å². The molecule has 7 heteroatoms. The molecule has 1 aliphatic rings. The number of benzene rings is 2. The summed E-state index contributed by atoms with van der Waals surface area (Å²) < 4.78 is 1.00. The van der Waals surface area contributed by atoms with E-state index < -0.39 is 0 Å². The Kier molecular flexibility index (Phi) is 4.00. The topological polar surface area (TPSA) is 70.6 Å². The Morgan fingerprint density at radius 1 is 1.04 bits per heavy atom. The predicted octanol–water partition coefficient (Wildman–Crippen LogP) is 2.95. The maximum atomic E-state index is 12.5. The lowest BCUT2D eigenvalue weighted by Crippen LogP contribution is -2.35. The van der Waals surface area contributed by atoms with E-state index in [4.69, 9.17) is 0 Å². The third kappa shape index (κ3) is 2.66. The Hall–Kier alpha value is -3.06. The maximum Gasteiger partial charge on any atom is 0.261 e. The number of amides is 3. The monoisotopic (exact) mass is 365 g/mol. The summed E-state index contributed by atoms with van der Waals surface area (Å²) in [6, 6.07) is 14.4. The van der Waals surface area contributed by atoms with Gasteiger partial charge in [-0.3, -0.25) is 24.2 Å². The second kappa shape index (κ2) is 6.34. The van der Waals surface area contributed by atoms with Gasteiger partial charge < -0.3 is 0 Å². The van der Waals surface area contributed by atoms with Crippen LogP contribution in [0.5, 0.6) is 0 Å². The predicted molar refractivity (Wildman–Crippen MR) is 99.5 cm³/mol. The SMILES string of the molecule is CN(C(=O)CCN1C(=O)c2ccccc2C1=O)c1nc2ccccc2s1. The molecule has 0 N–H and O–H groups in total. The molecule has 2 aromatic carbocycles. The minimum absolute atomic E-state index is 0.0535. The van der Waals surface area contributed by atoms with Crippen molar-refractivity contribution in [1.82, 2.24) is 9.88 Å². The lowest BCUT2D eigenvalue weighted by atomic mass is 10.1. The first-order valence-corrected chi connectivity index (χ1v) is 8.95. The van der Waals surface area contributed by atoms with Crippen molar-refractivity contribution >= 4 is 44.4 Å². The molecular formula is C19H15N3O3S. The normalized spacial score (nSPS) is 13.3. The zero-order chi connectivity index (χ0) is 18.3. The summed E-state index contributed by atoms with van der Waals surface area (Å²) in [6.07, 6.45) is 0.0535. The smallest absolute Gasteiger partial charge is 0.261 e. The molecule has 3 amide bonds. The van der Waals surface area contributed by atoms with Crippen molar-refractivity contribution in [3.8, 4) is 0 Å². The number of anilines is 1. The zero-order valence-corrected chi connectivity index (χ0v) is 14.8. The van der Waals surface area contributed by atoms with Crippen LogP contribution in [0.15, 0.2) is 48.5 Å². The van der Waals surface area contributed by atoms with Crippen LogP contribution in [0.2, 0.25) is 0 Å². The quantitative estimate of drug-likeness (QED) is 0.667. The summed E-state index contributed by atoms with van der Waals surface area (Å²) in [5.74, 6) is -0.886. The van der Waals surface area contributed by atoms with Crippen molar-refractivity contribution in [1.29, 1.82) is 0 Å². The number of rotatable bonds is 4. The van der Waals surface area contributed by atoms with Crippen LogP contribution in [0.1, 0.15) is 27.1 Å². The Morgan fingerprint density at radius 3 is 2.31 bits per heavy atom. The molecule has 0 saturated carbocycles. The number of hydrogen-bond acceptors (Lipinski definition) is 5. The summed E-state index contributed by atoms with van der Waals surface area (Å²) in [5, 5.41) is 0.596. The van der Waals surface area contributed by atoms with Crippen LogP contribution in [0, 0.1) is 0 Å². The third-order valence-electron chi connectivity index (χ3n) is 4.37. The molecule has 0 bridgehead atoms. The molecule has 1 aliphatic heterocycles. The number of nitrogens with zero attached hydrogens (tertiary/aromatic N) is 3. The summed E-state index contributed by atoms with van der Waals surface area (Å²) in [5.41, 5.74) is 1.63. The van der Waals surface area contributed by atoms with Crippen LogP contribution in [-0.2, 0) is 4.79 Å². The van der Waals surface area contributed by atoms with Crippen molar-refractivity contribution in [2.75, 3.05) is 18.5 Å². The van der Waals surface area contributed by atoms with Crippen molar-refractivity contribution < 1.29 is 14.4 Å². The van der Waals surface area contributed by atoms with Crippen LogP contribution in [-0.4, -0.2) is 41.2 Å². The maximum absolute atomic E-state index is 12.5. The van der Waals surface area contributed by atoms with Gasteiger partial charge in [-0.25, -0.2) is 4.98 Å². The van der Waals surface area contributed by atoms with Gasteiger partial charge in [0.25, 0.3) is 11.8 Å². The van der Waals surface area contributed by atoms with Gasteiger partial charge in [-0.1, -0.05) is 35.6 Å². The summed E-state index contributed by atoms with van der Waals surface area (Å²) in [4.78, 5) is 44.3. The van der Waals surface area contributed by atoms with Crippen LogP contribution in [0.4, 0.5) is 5.13 Å². The number of fused-ring (bicyclic) bond motifs is 2. The van der Waals surface area contributed by atoms with Crippen molar-refractivity contribution in [2.45, 2.75) is 6.42 Å². The van der Waals surface area contributed by atoms with E-state index >= 15 is 0 Å². The third-order valence-corrected chi connectivity index (χ3v) is 5.48. The van der Waals surface area contributed by atoms with Gasteiger partial charge in [0.05, 0.1) is 21.3 Å². The molecule has 1 aromatic heterocycles. The van der Waals surface area contributed by atoms with Crippen LogP contribution < -0.4 is 4.90 Å². The highest BCUT2D eigenvalue weighted by molar-refractivity contribution is 7.22. The molecular weight excluding hydrogens is 350 g/mol. The number of carbonyl (C=O) groups excluding carboxylic acids is 3. The molecule has 0 atom stereocenters. The van der Waals surface area contributed by atoms with Crippen LogP contribution >= 0.6 is 11.3 Å². The van der Waals surface area contributed by atoms with E-state index in [1.165, 1.54) is 16.2 Å². The summed E-state index contributed by atoms with van der Waals surface area (Å²) >= 11 is 1.43. The van der Waals surface area contributed by atoms with E-state index in [1.807, 2.05) is 24.3 Å². The molecule has 0 spiro atoms. The van der Waals surface area contributed by atoms with Gasteiger partial charge >= 0.3 is 0 Å². The van der Waals surface area contributed by atoms with Gasteiger partial charge in [-0.2, -0.15) is 0 Å². The van der Waals surface area contributed by atoms with Crippen LogP contribution in [0.3, 0.4) is 0 Å². The fourth-order valence-corrected chi connectivity index (χ4v) is 3.87. The van der Waals surface area contributed by atoms with Gasteiger partial charge in [0.15, 0.2) is 5.13 Å². The van der Waals surface area contributed by atoms with Gasteiger partial charge in [-0.05, 0) is 24.3 Å². The Balaban J connectivity index is 1.46. The zero-order valence-electron chi connectivity index (χ0n) is 14.0. The molecule has 26 heavy (non-hydrogen) atoms. The van der Waals surface area contributed by atoms with E-state index in [9.17, 15) is 14.4 Å². The number of hydrogen-bond donors (Lipinski definition) is 0. The molecule has 0 aliphatic carbocycles. The van der Waals surface area contributed by atoms with Gasteiger partial charge in [0.1, 0.15) is 0 Å². The van der Waals surface area contributed by atoms with Crippen molar-refractivity contribution in [3.05, 3.63) is 59.7 Å². The minimum atomic E-state index is -0.346. The number of thiazole rings is 1. The lowest BCUT2D eigenvalue weighted by Gasteiger charge is -2.17. The van der Waals surface area contributed by atoms with E-state index in [-0.39, 0.29) is 30.7 Å². The molecule has 0 unspecified atom stereocenters. The number of imide groups is 1. The molecule has 0 fully saturated rings. The van der Waals surface area contributed by atoms with E-state index in [1.54, 1.807) is 31.3 Å². The molecule has 0 saturated heterocycles. The highest BCUT2D eigenvalue weighted by Gasteiger charge is 2.35. The number of aromatic nitrogens is 1. The molecule has 3 aromatic rings. The van der Waals surface area contributed by atoms with Gasteiger partial charge in [0.2, 0.25) is 5.91 Å². The second-order valence-corrected chi connectivity index (χ2v) is 6.98. The first-order chi connectivity index (χ1) is 12.6. The largest absolute Gasteiger partial charge is 0.291 e. The Bertz CT molecular complexity index is 975. The van der Waals surface area contributed by atoms with Gasteiger partial charge in [-0.15, -0.1) is 0 Å². The van der Waals surface area contributed by atoms with Crippen molar-refractivity contribution in [3.63, 3.8) is 0 Å². The molecule has 130 valence electrons. The van der Waals surface area contributed by atoms with E-state index in [0.717, 1.165) is 15.1 Å². The number of para-hydroxylation sites is 1. The van der Waals surface area contributed by atoms with Crippen molar-refractivity contribution in [2.24, 2.45) is 0 Å². The Morgan fingerprint density at radius 2 is 1.65 bits per heavy atom. The first kappa shape index (κ1) is 16.4. The summed E-state index contributed by atoms with van der Waals surface area (Å²) in [7, 11) is 1.66. The molecule has 2 heterocycles. The second-order valence-electron chi connectivity index (χ2n) is 5.97. The highest BCUT2D eigenvalue weighted by atomic mass is 32.1. The molecule has 0 radical (unpaired) electrons. The molecule has 4 rings (SSSR count). The fourth-order valence-electron chi connectivity index (χ4n) is 2.93. The summed E-state index contributed by atoms with van der Waals surface area (Å²) in [6.45, 7) is 0.0560. The van der Waals surface area contributed by atoms with E-state index in [2.05, 4.69) is 4.98 Å². The fraction of sp³-hybridized carbons (Fsp3) is 0.158. The Labute approximate surface area is 153 Å². The minimum Gasteiger partial charge on any atom is -0.291 e. The lowest BCUT2D eigenvalue weighted by molar-refractivity contribution is -0.118. The molecule has 6 nitrogen and oxygen atoms in total. The highest BCUT2D eigenvalue weighted by Crippen LogP contribution is 2.28. The standard InChI is InChI=1S/C19H15N3O3S/c1-21(19-20-14-8-4-5-9-15(14)26-19)16(23)10-11-22-17(24)12-6-2-3-7-13(12)18(22)25/h2-9H,10-11H2,1H3. The van der Waals surface area contributed by atoms with E-state index in [0.29, 0.717) is 16.3 Å². The number of carbonyl (C=O) groups is 3. The average molecular weight is 365 g/mol. The average Bonchev–Trinajstić information content (AvgIpc) is 3.20. The first-order valence-electron chi connectivity index (χ1n) is 8.13.